The van der Waals surface area contributed by atoms with Crippen LogP contribution in [0.1, 0.15) is 18.4 Å². The van der Waals surface area contributed by atoms with E-state index in [9.17, 15) is 5.11 Å². The van der Waals surface area contributed by atoms with Crippen molar-refractivity contribution in [1.82, 2.24) is 5.32 Å². The quantitative estimate of drug-likeness (QED) is 0.729. The lowest BCUT2D eigenvalue weighted by atomic mass is 9.91. The molecular formula is C10H15NO2. The second kappa shape index (κ2) is 3.52. The van der Waals surface area contributed by atoms with E-state index in [2.05, 4.69) is 5.32 Å². The van der Waals surface area contributed by atoms with Crippen LogP contribution >= 0.6 is 0 Å². The van der Waals surface area contributed by atoms with Crippen molar-refractivity contribution in [2.45, 2.75) is 24.8 Å². The highest BCUT2D eigenvalue weighted by molar-refractivity contribution is 5.12. The van der Waals surface area contributed by atoms with Crippen LogP contribution in [0.5, 0.6) is 0 Å². The minimum atomic E-state index is -0.0934. The molecule has 0 radical (unpaired) electrons. The van der Waals surface area contributed by atoms with Crippen LogP contribution in [-0.4, -0.2) is 23.8 Å². The van der Waals surface area contributed by atoms with Gasteiger partial charge in [0.2, 0.25) is 0 Å². The highest BCUT2D eigenvalue weighted by atomic mass is 16.3. The molecule has 72 valence electrons. The third kappa shape index (κ3) is 1.76. The standard InChI is InChI=1S/C10H15NO2/c12-8-10(3-1-4-11-10)6-9-2-5-13-7-9/h2,5,7,11-12H,1,3-4,6,8H2. The molecule has 1 unspecified atom stereocenters. The van der Waals surface area contributed by atoms with Gasteiger partial charge in [0, 0.05) is 5.54 Å². The summed E-state index contributed by atoms with van der Waals surface area (Å²) in [5.74, 6) is 0. The monoisotopic (exact) mass is 181 g/mol. The Hall–Kier alpha value is -0.800. The van der Waals surface area contributed by atoms with Gasteiger partial charge in [-0.05, 0) is 37.4 Å². The van der Waals surface area contributed by atoms with E-state index in [-0.39, 0.29) is 12.1 Å². The van der Waals surface area contributed by atoms with E-state index < -0.39 is 0 Å². The van der Waals surface area contributed by atoms with Crippen LogP contribution in [-0.2, 0) is 6.42 Å². The molecule has 0 spiro atoms. The zero-order chi connectivity index (χ0) is 9.15. The zero-order valence-electron chi connectivity index (χ0n) is 7.62. The third-order valence-corrected chi connectivity index (χ3v) is 2.76. The fraction of sp³-hybridized carbons (Fsp3) is 0.600. The van der Waals surface area contributed by atoms with Crippen molar-refractivity contribution in [1.29, 1.82) is 0 Å². The molecule has 0 amide bonds. The fourth-order valence-corrected chi connectivity index (χ4v) is 1.99. The van der Waals surface area contributed by atoms with Gasteiger partial charge in [-0.25, -0.2) is 0 Å². The topological polar surface area (TPSA) is 45.4 Å². The summed E-state index contributed by atoms with van der Waals surface area (Å²) in [6.07, 6.45) is 6.49. The first-order chi connectivity index (χ1) is 6.35. The maximum absolute atomic E-state index is 9.32. The number of hydrogen-bond acceptors (Lipinski definition) is 3. The minimum Gasteiger partial charge on any atom is -0.472 e. The van der Waals surface area contributed by atoms with Crippen LogP contribution in [0, 0.1) is 0 Å². The number of hydrogen-bond donors (Lipinski definition) is 2. The molecule has 1 aromatic rings. The van der Waals surface area contributed by atoms with Gasteiger partial charge in [0.1, 0.15) is 0 Å². The van der Waals surface area contributed by atoms with E-state index in [4.69, 9.17) is 4.42 Å². The molecule has 3 heteroatoms. The van der Waals surface area contributed by atoms with Crippen LogP contribution in [0.4, 0.5) is 0 Å². The summed E-state index contributed by atoms with van der Waals surface area (Å²) in [5, 5.41) is 12.7. The zero-order valence-corrected chi connectivity index (χ0v) is 7.62. The largest absolute Gasteiger partial charge is 0.472 e. The molecule has 2 heterocycles. The first-order valence-corrected chi connectivity index (χ1v) is 4.72. The van der Waals surface area contributed by atoms with Gasteiger partial charge in [0.25, 0.3) is 0 Å². The molecule has 1 fully saturated rings. The van der Waals surface area contributed by atoms with Crippen LogP contribution in [0.3, 0.4) is 0 Å². The molecule has 0 bridgehead atoms. The van der Waals surface area contributed by atoms with Crippen molar-refractivity contribution in [2.75, 3.05) is 13.2 Å². The summed E-state index contributed by atoms with van der Waals surface area (Å²) in [4.78, 5) is 0. The summed E-state index contributed by atoms with van der Waals surface area (Å²) in [7, 11) is 0. The Balaban J connectivity index is 2.06. The molecule has 0 aliphatic carbocycles. The fourth-order valence-electron chi connectivity index (χ4n) is 1.99. The summed E-state index contributed by atoms with van der Waals surface area (Å²) >= 11 is 0. The van der Waals surface area contributed by atoms with E-state index in [0.717, 1.165) is 31.4 Å². The molecule has 2 N–H and O–H groups in total. The van der Waals surface area contributed by atoms with E-state index in [1.165, 1.54) is 0 Å². The van der Waals surface area contributed by atoms with Crippen molar-refractivity contribution in [3.8, 4) is 0 Å². The summed E-state index contributed by atoms with van der Waals surface area (Å²) in [6.45, 7) is 1.22. The second-order valence-electron chi connectivity index (χ2n) is 3.78. The molecule has 1 aliphatic heterocycles. The van der Waals surface area contributed by atoms with Crippen molar-refractivity contribution >= 4 is 0 Å². The van der Waals surface area contributed by atoms with Crippen LogP contribution < -0.4 is 5.32 Å². The minimum absolute atomic E-state index is 0.0934. The lowest BCUT2D eigenvalue weighted by molar-refractivity contribution is 0.177. The van der Waals surface area contributed by atoms with Gasteiger partial charge in [-0.15, -0.1) is 0 Å². The Morgan fingerprint density at radius 2 is 2.54 bits per heavy atom. The van der Waals surface area contributed by atoms with E-state index in [0.29, 0.717) is 0 Å². The smallest absolute Gasteiger partial charge is 0.0935 e. The summed E-state index contributed by atoms with van der Waals surface area (Å²) in [5.41, 5.74) is 1.06. The Morgan fingerprint density at radius 1 is 1.62 bits per heavy atom. The molecule has 1 aromatic heterocycles. The number of aliphatic hydroxyl groups is 1. The van der Waals surface area contributed by atoms with E-state index in [1.807, 2.05) is 6.07 Å². The SMILES string of the molecule is OCC1(Cc2ccoc2)CCCN1. The molecule has 0 aromatic carbocycles. The summed E-state index contributed by atoms with van der Waals surface area (Å²) in [6, 6.07) is 1.96. The van der Waals surface area contributed by atoms with Gasteiger partial charge >= 0.3 is 0 Å². The van der Waals surface area contributed by atoms with Gasteiger partial charge in [0.05, 0.1) is 19.1 Å². The molecular weight excluding hydrogens is 166 g/mol. The normalized spacial score (nSPS) is 28.1. The van der Waals surface area contributed by atoms with E-state index in [1.54, 1.807) is 12.5 Å². The molecule has 0 saturated carbocycles. The predicted molar refractivity (Wildman–Crippen MR) is 49.5 cm³/mol. The first-order valence-electron chi connectivity index (χ1n) is 4.72. The van der Waals surface area contributed by atoms with Gasteiger partial charge in [-0.2, -0.15) is 0 Å². The van der Waals surface area contributed by atoms with Crippen LogP contribution in [0.15, 0.2) is 23.0 Å². The number of nitrogens with one attached hydrogen (secondary N) is 1. The average molecular weight is 181 g/mol. The number of aliphatic hydroxyl groups excluding tert-OH is 1. The van der Waals surface area contributed by atoms with Gasteiger partial charge in [0.15, 0.2) is 0 Å². The number of furan rings is 1. The number of rotatable bonds is 3. The van der Waals surface area contributed by atoms with Crippen LogP contribution in [0.25, 0.3) is 0 Å². The second-order valence-corrected chi connectivity index (χ2v) is 3.78. The average Bonchev–Trinajstić information content (AvgIpc) is 2.77. The van der Waals surface area contributed by atoms with Crippen molar-refractivity contribution in [3.63, 3.8) is 0 Å². The van der Waals surface area contributed by atoms with Gasteiger partial charge < -0.3 is 14.8 Å². The Morgan fingerprint density at radius 3 is 3.08 bits per heavy atom. The first kappa shape index (κ1) is 8.78. The molecule has 1 saturated heterocycles. The Bertz CT molecular complexity index is 250. The molecule has 1 aliphatic rings. The Labute approximate surface area is 77.8 Å². The van der Waals surface area contributed by atoms with Crippen LogP contribution in [0.2, 0.25) is 0 Å². The maximum Gasteiger partial charge on any atom is 0.0935 e. The molecule has 1 atom stereocenters. The highest BCUT2D eigenvalue weighted by Gasteiger charge is 2.32. The van der Waals surface area contributed by atoms with Crippen molar-refractivity contribution in [2.24, 2.45) is 0 Å². The van der Waals surface area contributed by atoms with Crippen molar-refractivity contribution in [3.05, 3.63) is 24.2 Å². The lowest BCUT2D eigenvalue weighted by Gasteiger charge is -2.26. The maximum atomic E-state index is 9.32. The molecule has 2 rings (SSSR count). The van der Waals surface area contributed by atoms with Gasteiger partial charge in [-0.3, -0.25) is 0 Å². The van der Waals surface area contributed by atoms with Gasteiger partial charge in [-0.1, -0.05) is 0 Å². The third-order valence-electron chi connectivity index (χ3n) is 2.76. The highest BCUT2D eigenvalue weighted by Crippen LogP contribution is 2.23. The summed E-state index contributed by atoms with van der Waals surface area (Å²) < 4.78 is 5.00. The lowest BCUT2D eigenvalue weighted by Crippen LogP contribution is -2.45. The predicted octanol–water partition coefficient (Wildman–Crippen LogP) is 0.937. The molecule has 13 heavy (non-hydrogen) atoms. The Kier molecular flexibility index (Phi) is 2.38. The van der Waals surface area contributed by atoms with Crippen molar-refractivity contribution < 1.29 is 9.52 Å². The molecule has 3 nitrogen and oxygen atoms in total. The van der Waals surface area contributed by atoms with E-state index >= 15 is 0 Å².